The van der Waals surface area contributed by atoms with Crippen LogP contribution in [0.4, 0.5) is 4.39 Å². The molecule has 0 unspecified atom stereocenters. The Hall–Kier alpha value is -3.06. The Labute approximate surface area is 202 Å². The number of hydrogen-bond donors (Lipinski definition) is 2. The first-order valence-corrected chi connectivity index (χ1v) is 12.5. The molecule has 34 heavy (non-hydrogen) atoms. The van der Waals surface area contributed by atoms with Crippen LogP contribution in [-0.4, -0.2) is 29.3 Å². The molecular formula is C27H28FNO4S. The van der Waals surface area contributed by atoms with Crippen molar-refractivity contribution in [2.45, 2.75) is 50.9 Å². The standard InChI is InChI=1S/C27H28FNO4S/c28-22-11-12-24-21(15-22)16-25(34-24)27(33)29-13-1-2-23(30)20-9-7-19(8-10-20)18-5-3-17(4-6-18)14-26(31)32/h7-12,15-18H,1-6,13-14H2,(H,29,33)(H,31,32). The van der Waals surface area contributed by atoms with Gasteiger partial charge in [0.2, 0.25) is 0 Å². The number of ketones is 1. The zero-order chi connectivity index (χ0) is 24.1. The summed E-state index contributed by atoms with van der Waals surface area (Å²) in [5.74, 6) is -0.513. The number of Topliss-reactive ketones (excluding diaryl/α,β-unsaturated/α-hetero) is 1. The Morgan fingerprint density at radius 2 is 1.74 bits per heavy atom. The molecule has 5 nitrogen and oxygen atoms in total. The van der Waals surface area contributed by atoms with E-state index in [1.165, 1.54) is 29.0 Å². The number of carbonyl (C=O) groups is 3. The molecule has 3 aromatic rings. The molecule has 0 spiro atoms. The Morgan fingerprint density at radius 1 is 1.00 bits per heavy atom. The van der Waals surface area contributed by atoms with E-state index < -0.39 is 5.97 Å². The summed E-state index contributed by atoms with van der Waals surface area (Å²) in [5, 5.41) is 12.5. The molecule has 7 heteroatoms. The van der Waals surface area contributed by atoms with Crippen molar-refractivity contribution in [3.8, 4) is 0 Å². The van der Waals surface area contributed by atoms with Gasteiger partial charge in [0.15, 0.2) is 5.78 Å². The molecule has 1 fully saturated rings. The summed E-state index contributed by atoms with van der Waals surface area (Å²) in [6.45, 7) is 0.394. The monoisotopic (exact) mass is 481 g/mol. The van der Waals surface area contributed by atoms with E-state index in [1.807, 2.05) is 24.3 Å². The summed E-state index contributed by atoms with van der Waals surface area (Å²) in [4.78, 5) is 36.3. The van der Waals surface area contributed by atoms with Gasteiger partial charge in [-0.15, -0.1) is 11.3 Å². The van der Waals surface area contributed by atoms with Gasteiger partial charge in [0, 0.05) is 29.6 Å². The molecule has 1 aliphatic rings. The number of nitrogens with one attached hydrogen (secondary N) is 1. The van der Waals surface area contributed by atoms with Gasteiger partial charge < -0.3 is 10.4 Å². The van der Waals surface area contributed by atoms with Crippen LogP contribution in [-0.2, 0) is 4.79 Å². The highest BCUT2D eigenvalue weighted by Gasteiger charge is 2.24. The zero-order valence-corrected chi connectivity index (χ0v) is 19.7. The number of carboxylic acids is 1. The lowest BCUT2D eigenvalue weighted by atomic mass is 9.77. The van der Waals surface area contributed by atoms with Gasteiger partial charge in [-0.2, -0.15) is 0 Å². The predicted octanol–water partition coefficient (Wildman–Crippen LogP) is 6.18. The van der Waals surface area contributed by atoms with Crippen LogP contribution < -0.4 is 5.32 Å². The van der Waals surface area contributed by atoms with Gasteiger partial charge in [0.25, 0.3) is 5.91 Å². The first-order valence-electron chi connectivity index (χ1n) is 11.7. The molecule has 2 aromatic carbocycles. The third-order valence-corrected chi connectivity index (χ3v) is 7.70. The van der Waals surface area contributed by atoms with Crippen LogP contribution in [0.2, 0.25) is 0 Å². The van der Waals surface area contributed by atoms with E-state index in [0.717, 1.165) is 30.4 Å². The molecule has 0 saturated heterocycles. The number of carboxylic acid groups (broad SMARTS) is 1. The highest BCUT2D eigenvalue weighted by atomic mass is 32.1. The van der Waals surface area contributed by atoms with Gasteiger partial charge in [-0.05, 0) is 79.2 Å². The first-order chi connectivity index (χ1) is 16.4. The zero-order valence-electron chi connectivity index (χ0n) is 18.9. The van der Waals surface area contributed by atoms with E-state index in [-0.39, 0.29) is 29.8 Å². The number of amides is 1. The van der Waals surface area contributed by atoms with E-state index in [0.29, 0.717) is 41.1 Å². The minimum atomic E-state index is -0.720. The van der Waals surface area contributed by atoms with Crippen molar-refractivity contribution < 1.29 is 23.9 Å². The summed E-state index contributed by atoms with van der Waals surface area (Å²) < 4.78 is 14.2. The summed E-state index contributed by atoms with van der Waals surface area (Å²) in [7, 11) is 0. The molecule has 0 radical (unpaired) electrons. The predicted molar refractivity (Wildman–Crippen MR) is 131 cm³/mol. The SMILES string of the molecule is O=C(O)CC1CCC(c2ccc(C(=O)CCCNC(=O)c3cc4cc(F)ccc4s3)cc2)CC1. The Balaban J connectivity index is 1.21. The van der Waals surface area contributed by atoms with Gasteiger partial charge >= 0.3 is 5.97 Å². The van der Waals surface area contributed by atoms with Crippen molar-refractivity contribution in [1.29, 1.82) is 0 Å². The first kappa shape index (κ1) is 24.1. The van der Waals surface area contributed by atoms with Crippen LogP contribution in [0.15, 0.2) is 48.5 Å². The molecule has 1 heterocycles. The van der Waals surface area contributed by atoms with E-state index in [1.54, 1.807) is 12.1 Å². The number of carbonyl (C=O) groups excluding carboxylic acids is 2. The maximum atomic E-state index is 13.3. The molecule has 4 rings (SSSR count). The minimum Gasteiger partial charge on any atom is -0.481 e. The second kappa shape index (κ2) is 10.9. The normalized spacial score (nSPS) is 18.0. The number of hydrogen-bond acceptors (Lipinski definition) is 4. The maximum Gasteiger partial charge on any atom is 0.303 e. The van der Waals surface area contributed by atoms with Crippen molar-refractivity contribution in [2.75, 3.05) is 6.54 Å². The molecule has 1 aliphatic carbocycles. The average molecular weight is 482 g/mol. The molecule has 1 saturated carbocycles. The Kier molecular flexibility index (Phi) is 7.73. The smallest absolute Gasteiger partial charge is 0.303 e. The Bertz CT molecular complexity index is 1180. The molecular weight excluding hydrogens is 453 g/mol. The highest BCUT2D eigenvalue weighted by Crippen LogP contribution is 2.37. The third kappa shape index (κ3) is 6.08. The van der Waals surface area contributed by atoms with Gasteiger partial charge in [-0.3, -0.25) is 14.4 Å². The minimum absolute atomic E-state index is 0.0447. The van der Waals surface area contributed by atoms with Crippen molar-refractivity contribution in [1.82, 2.24) is 5.32 Å². The molecule has 0 aliphatic heterocycles. The van der Waals surface area contributed by atoms with E-state index in [2.05, 4.69) is 5.32 Å². The molecule has 0 bridgehead atoms. The van der Waals surface area contributed by atoms with E-state index in [9.17, 15) is 18.8 Å². The number of benzene rings is 2. The lowest BCUT2D eigenvalue weighted by Crippen LogP contribution is -2.24. The summed E-state index contributed by atoms with van der Waals surface area (Å²) in [6.07, 6.45) is 4.98. The number of thiophene rings is 1. The summed E-state index contributed by atoms with van der Waals surface area (Å²) in [5.41, 5.74) is 1.88. The third-order valence-electron chi connectivity index (χ3n) is 6.58. The van der Waals surface area contributed by atoms with Crippen molar-refractivity contribution >= 4 is 39.1 Å². The van der Waals surface area contributed by atoms with Crippen LogP contribution in [0.3, 0.4) is 0 Å². The van der Waals surface area contributed by atoms with Crippen LogP contribution in [0, 0.1) is 11.7 Å². The number of halogens is 1. The number of fused-ring (bicyclic) bond motifs is 1. The van der Waals surface area contributed by atoms with Crippen molar-refractivity contribution in [3.05, 3.63) is 70.4 Å². The number of aliphatic carboxylic acids is 1. The maximum absolute atomic E-state index is 13.3. The van der Waals surface area contributed by atoms with Crippen molar-refractivity contribution in [2.24, 2.45) is 5.92 Å². The largest absolute Gasteiger partial charge is 0.481 e. The van der Waals surface area contributed by atoms with Gasteiger partial charge in [-0.25, -0.2) is 4.39 Å². The highest BCUT2D eigenvalue weighted by molar-refractivity contribution is 7.20. The topological polar surface area (TPSA) is 83.5 Å². The van der Waals surface area contributed by atoms with Crippen LogP contribution >= 0.6 is 11.3 Å². The van der Waals surface area contributed by atoms with Gasteiger partial charge in [0.1, 0.15) is 5.82 Å². The molecule has 1 amide bonds. The quantitative estimate of drug-likeness (QED) is 0.282. The second-order valence-corrected chi connectivity index (χ2v) is 10.1. The molecule has 1 aromatic heterocycles. The Morgan fingerprint density at radius 3 is 2.44 bits per heavy atom. The van der Waals surface area contributed by atoms with Crippen LogP contribution in [0.25, 0.3) is 10.1 Å². The fourth-order valence-corrected chi connectivity index (χ4v) is 5.66. The van der Waals surface area contributed by atoms with Gasteiger partial charge in [-0.1, -0.05) is 24.3 Å². The van der Waals surface area contributed by atoms with E-state index in [4.69, 9.17) is 5.11 Å². The fraction of sp³-hybridized carbons (Fsp3) is 0.370. The summed E-state index contributed by atoms with van der Waals surface area (Å²) >= 11 is 1.32. The lowest BCUT2D eigenvalue weighted by Gasteiger charge is -2.28. The molecule has 0 atom stereocenters. The second-order valence-electron chi connectivity index (χ2n) is 9.01. The van der Waals surface area contributed by atoms with Crippen LogP contribution in [0.1, 0.15) is 76.5 Å². The van der Waals surface area contributed by atoms with E-state index >= 15 is 0 Å². The lowest BCUT2D eigenvalue weighted by molar-refractivity contribution is -0.138. The summed E-state index contributed by atoms with van der Waals surface area (Å²) in [6, 6.07) is 13.9. The van der Waals surface area contributed by atoms with Crippen molar-refractivity contribution in [3.63, 3.8) is 0 Å². The fourth-order valence-electron chi connectivity index (χ4n) is 4.70. The van der Waals surface area contributed by atoms with Crippen LogP contribution in [0.5, 0.6) is 0 Å². The molecule has 178 valence electrons. The molecule has 2 N–H and O–H groups in total. The average Bonchev–Trinajstić information content (AvgIpc) is 3.25. The van der Waals surface area contributed by atoms with Gasteiger partial charge in [0.05, 0.1) is 4.88 Å². The number of rotatable bonds is 9.